The van der Waals surface area contributed by atoms with E-state index in [1.807, 2.05) is 50.5 Å². The van der Waals surface area contributed by atoms with Crippen LogP contribution in [0.1, 0.15) is 28.8 Å². The number of anilines is 1. The Hall–Kier alpha value is -2.57. The predicted molar refractivity (Wildman–Crippen MR) is 121 cm³/mol. The second kappa shape index (κ2) is 9.96. The normalized spacial score (nSPS) is 17.2. The fraction of sp³-hybridized carbons (Fsp3) is 0.391. The summed E-state index contributed by atoms with van der Waals surface area (Å²) in [7, 11) is 3.96. The van der Waals surface area contributed by atoms with Gasteiger partial charge in [0.25, 0.3) is 0 Å². The van der Waals surface area contributed by atoms with Gasteiger partial charge in [0.2, 0.25) is 11.8 Å². The lowest BCUT2D eigenvalue weighted by atomic mass is 10.0. The van der Waals surface area contributed by atoms with Crippen molar-refractivity contribution in [2.75, 3.05) is 32.1 Å². The third kappa shape index (κ3) is 5.32. The SMILES string of the molecule is CN(C)[C@H](CNC(=O)[C@H]1CCCN1c1ccccc1)Cc1ccc(C(N)=O)cc1Cl. The van der Waals surface area contributed by atoms with Crippen molar-refractivity contribution in [3.8, 4) is 0 Å². The lowest BCUT2D eigenvalue weighted by Crippen LogP contribution is -2.48. The molecule has 0 saturated carbocycles. The van der Waals surface area contributed by atoms with Gasteiger partial charge in [-0.2, -0.15) is 0 Å². The van der Waals surface area contributed by atoms with Crippen LogP contribution >= 0.6 is 11.6 Å². The number of carbonyl (C=O) groups is 2. The van der Waals surface area contributed by atoms with Crippen LogP contribution in [0.2, 0.25) is 5.02 Å². The van der Waals surface area contributed by atoms with Gasteiger partial charge in [-0.3, -0.25) is 9.59 Å². The van der Waals surface area contributed by atoms with Crippen LogP contribution in [0.15, 0.2) is 48.5 Å². The van der Waals surface area contributed by atoms with Crippen LogP contribution < -0.4 is 16.0 Å². The standard InChI is InChI=1S/C23H29ClN4O2/c1-27(2)19(13-16-10-11-17(22(25)29)14-20(16)24)15-26-23(30)21-9-6-12-28(21)18-7-4-3-5-8-18/h3-5,7-8,10-11,14,19,21H,6,9,12-13,15H2,1-2H3,(H2,25,29)(H,26,30)/t19-,21+/m0/s1. The third-order valence-corrected chi connectivity index (χ3v) is 6.03. The summed E-state index contributed by atoms with van der Waals surface area (Å²) in [6.45, 7) is 1.40. The number of carbonyl (C=O) groups excluding carboxylic acids is 2. The first-order chi connectivity index (χ1) is 14.4. The highest BCUT2D eigenvalue weighted by molar-refractivity contribution is 6.31. The Morgan fingerprint density at radius 1 is 1.23 bits per heavy atom. The van der Waals surface area contributed by atoms with E-state index in [-0.39, 0.29) is 18.0 Å². The van der Waals surface area contributed by atoms with Crippen LogP contribution in [0.5, 0.6) is 0 Å². The van der Waals surface area contributed by atoms with E-state index in [0.29, 0.717) is 23.6 Å². The Bertz CT molecular complexity index is 888. The zero-order valence-corrected chi connectivity index (χ0v) is 18.2. The van der Waals surface area contributed by atoms with Gasteiger partial charge in [-0.1, -0.05) is 35.9 Å². The Balaban J connectivity index is 1.63. The van der Waals surface area contributed by atoms with Gasteiger partial charge >= 0.3 is 0 Å². The van der Waals surface area contributed by atoms with Crippen molar-refractivity contribution in [2.24, 2.45) is 5.73 Å². The van der Waals surface area contributed by atoms with Gasteiger partial charge in [0.05, 0.1) is 0 Å². The maximum absolute atomic E-state index is 12.9. The molecule has 2 amide bonds. The summed E-state index contributed by atoms with van der Waals surface area (Å²) in [6.07, 6.45) is 2.51. The van der Waals surface area contributed by atoms with Gasteiger partial charge in [0.15, 0.2) is 0 Å². The van der Waals surface area contributed by atoms with Gasteiger partial charge in [-0.15, -0.1) is 0 Å². The lowest BCUT2D eigenvalue weighted by Gasteiger charge is -2.29. The van der Waals surface area contributed by atoms with Crippen molar-refractivity contribution in [1.82, 2.24) is 10.2 Å². The molecule has 0 unspecified atom stereocenters. The molecule has 1 aliphatic heterocycles. The summed E-state index contributed by atoms with van der Waals surface area (Å²) in [4.78, 5) is 28.5. The Labute approximate surface area is 183 Å². The molecule has 0 spiro atoms. The first-order valence-corrected chi connectivity index (χ1v) is 10.6. The number of hydrogen-bond acceptors (Lipinski definition) is 4. The van der Waals surface area contributed by atoms with Crippen molar-refractivity contribution in [1.29, 1.82) is 0 Å². The zero-order chi connectivity index (χ0) is 21.7. The fourth-order valence-corrected chi connectivity index (χ4v) is 4.12. The van der Waals surface area contributed by atoms with Gasteiger partial charge < -0.3 is 20.9 Å². The molecular formula is C23H29ClN4O2. The fourth-order valence-electron chi connectivity index (χ4n) is 3.86. The molecule has 7 heteroatoms. The first kappa shape index (κ1) is 22.1. The van der Waals surface area contributed by atoms with Crippen molar-refractivity contribution < 1.29 is 9.59 Å². The molecule has 0 radical (unpaired) electrons. The van der Waals surface area contributed by atoms with Crippen LogP contribution in [0.25, 0.3) is 0 Å². The van der Waals surface area contributed by atoms with Gasteiger partial charge in [0.1, 0.15) is 6.04 Å². The smallest absolute Gasteiger partial charge is 0.248 e. The summed E-state index contributed by atoms with van der Waals surface area (Å²) in [6, 6.07) is 15.1. The maximum Gasteiger partial charge on any atom is 0.248 e. The molecule has 3 N–H and O–H groups in total. The van der Waals surface area contributed by atoms with E-state index in [0.717, 1.165) is 30.6 Å². The summed E-state index contributed by atoms with van der Waals surface area (Å²) >= 11 is 6.36. The molecule has 0 bridgehead atoms. The minimum Gasteiger partial charge on any atom is -0.366 e. The number of nitrogens with zero attached hydrogens (tertiary/aromatic N) is 2. The molecular weight excluding hydrogens is 400 g/mol. The van der Waals surface area contributed by atoms with E-state index >= 15 is 0 Å². The molecule has 2 aromatic carbocycles. The summed E-state index contributed by atoms with van der Waals surface area (Å²) < 4.78 is 0. The Kier molecular flexibility index (Phi) is 7.34. The predicted octanol–water partition coefficient (Wildman–Crippen LogP) is 2.70. The van der Waals surface area contributed by atoms with Gasteiger partial charge in [-0.25, -0.2) is 0 Å². The van der Waals surface area contributed by atoms with Crippen LogP contribution in [0, 0.1) is 0 Å². The van der Waals surface area contributed by atoms with Crippen molar-refractivity contribution >= 4 is 29.1 Å². The van der Waals surface area contributed by atoms with Gasteiger partial charge in [-0.05, 0) is 63.2 Å². The molecule has 3 rings (SSSR count). The molecule has 6 nitrogen and oxygen atoms in total. The summed E-state index contributed by atoms with van der Waals surface area (Å²) in [5.74, 6) is -0.446. The van der Waals surface area contributed by atoms with E-state index in [4.69, 9.17) is 17.3 Å². The number of para-hydroxylation sites is 1. The van der Waals surface area contributed by atoms with Crippen LogP contribution in [-0.2, 0) is 11.2 Å². The van der Waals surface area contributed by atoms with E-state index < -0.39 is 5.91 Å². The van der Waals surface area contributed by atoms with Crippen molar-refractivity contribution in [3.05, 3.63) is 64.7 Å². The highest BCUT2D eigenvalue weighted by Crippen LogP contribution is 2.25. The van der Waals surface area contributed by atoms with E-state index in [2.05, 4.69) is 15.1 Å². The number of hydrogen-bond donors (Lipinski definition) is 2. The number of benzene rings is 2. The number of likely N-dealkylation sites (N-methyl/N-ethyl adjacent to an activating group) is 1. The van der Waals surface area contributed by atoms with E-state index in [1.54, 1.807) is 12.1 Å². The average molecular weight is 429 g/mol. The number of nitrogens with one attached hydrogen (secondary N) is 1. The highest BCUT2D eigenvalue weighted by atomic mass is 35.5. The second-order valence-electron chi connectivity index (χ2n) is 7.92. The van der Waals surface area contributed by atoms with Crippen LogP contribution in [0.3, 0.4) is 0 Å². The monoisotopic (exact) mass is 428 g/mol. The largest absolute Gasteiger partial charge is 0.366 e. The molecule has 1 aliphatic rings. The number of nitrogens with two attached hydrogens (primary N) is 1. The quantitative estimate of drug-likeness (QED) is 0.677. The molecule has 2 aromatic rings. The zero-order valence-electron chi connectivity index (χ0n) is 17.5. The molecule has 0 aromatic heterocycles. The van der Waals surface area contributed by atoms with Crippen molar-refractivity contribution in [2.45, 2.75) is 31.3 Å². The minimum absolute atomic E-state index is 0.0541. The number of rotatable bonds is 8. The first-order valence-electron chi connectivity index (χ1n) is 10.2. The maximum atomic E-state index is 12.9. The minimum atomic E-state index is -0.501. The summed E-state index contributed by atoms with van der Waals surface area (Å²) in [5, 5.41) is 3.65. The number of amides is 2. The molecule has 30 heavy (non-hydrogen) atoms. The van der Waals surface area contributed by atoms with Crippen LogP contribution in [-0.4, -0.2) is 56.0 Å². The van der Waals surface area contributed by atoms with E-state index in [9.17, 15) is 9.59 Å². The summed E-state index contributed by atoms with van der Waals surface area (Å²) in [5.41, 5.74) is 7.71. The average Bonchev–Trinajstić information content (AvgIpc) is 3.22. The Morgan fingerprint density at radius 2 is 1.97 bits per heavy atom. The number of halogens is 1. The third-order valence-electron chi connectivity index (χ3n) is 5.68. The molecule has 1 saturated heterocycles. The molecule has 160 valence electrons. The molecule has 2 atom stereocenters. The highest BCUT2D eigenvalue weighted by Gasteiger charge is 2.31. The topological polar surface area (TPSA) is 78.7 Å². The Morgan fingerprint density at radius 3 is 2.60 bits per heavy atom. The van der Waals surface area contributed by atoms with Crippen molar-refractivity contribution in [3.63, 3.8) is 0 Å². The van der Waals surface area contributed by atoms with E-state index in [1.165, 1.54) is 0 Å². The second-order valence-corrected chi connectivity index (χ2v) is 8.33. The molecule has 1 fully saturated rings. The van der Waals surface area contributed by atoms with Gasteiger partial charge in [0, 0.05) is 35.4 Å². The molecule has 0 aliphatic carbocycles. The lowest BCUT2D eigenvalue weighted by molar-refractivity contribution is -0.122. The molecule has 1 heterocycles. The number of primary amides is 1. The van der Waals surface area contributed by atoms with Crippen LogP contribution in [0.4, 0.5) is 5.69 Å².